The van der Waals surface area contributed by atoms with E-state index < -0.39 is 54.0 Å². The number of anilines is 1. The highest BCUT2D eigenvalue weighted by Gasteiger charge is 2.51. The van der Waals surface area contributed by atoms with Crippen LogP contribution in [-0.4, -0.2) is 37.5 Å². The minimum atomic E-state index is -4.60. The molecule has 0 radical (unpaired) electrons. The van der Waals surface area contributed by atoms with E-state index in [1.54, 1.807) is 25.3 Å². The Bertz CT molecular complexity index is 2400. The lowest BCUT2D eigenvalue weighted by molar-refractivity contribution is -0.143. The lowest BCUT2D eigenvalue weighted by Crippen LogP contribution is -2.36. The van der Waals surface area contributed by atoms with Crippen molar-refractivity contribution < 1.29 is 40.6 Å². The fraction of sp³-hybridized carbons (Fsp3) is 0.362. The van der Waals surface area contributed by atoms with Gasteiger partial charge < -0.3 is 19.1 Å². The van der Waals surface area contributed by atoms with Gasteiger partial charge in [-0.1, -0.05) is 66.4 Å². The number of nitrogens with zero attached hydrogens (tertiary/aromatic N) is 1. The van der Waals surface area contributed by atoms with E-state index >= 15 is 0 Å². The molecule has 58 heavy (non-hydrogen) atoms. The molecule has 4 nitrogen and oxygen atoms in total. The minimum Gasteiger partial charge on any atom is -0.497 e. The standard InChI is InChI=1S/C47H43F6NO3S/c1-43(2)56-38-27-36-35(28-39(38)58-43)40-33-9-5-6-10-37(33)44(21-23-46(48,49)50,22-24-47(51,52)53)41(40)34-19-20-45(57-42(34)36,30-13-17-32(55-3)18-14-30)29-11-15-31(16-12-29)54-25-7-4-8-26-54/h5-6,9-20,27-28H,4,7-8,21-26H2,1-3H3. The van der Waals surface area contributed by atoms with Crippen LogP contribution in [0.15, 0.2) is 95.9 Å². The summed E-state index contributed by atoms with van der Waals surface area (Å²) >= 11 is 1.52. The monoisotopic (exact) mass is 815 g/mol. The molecule has 11 heteroatoms. The summed E-state index contributed by atoms with van der Waals surface area (Å²) in [6.07, 6.45) is -5.59. The van der Waals surface area contributed by atoms with Crippen LogP contribution in [0.3, 0.4) is 0 Å². The molecule has 3 aliphatic heterocycles. The fourth-order valence-corrected chi connectivity index (χ4v) is 10.7. The first-order valence-electron chi connectivity index (χ1n) is 19.8. The Morgan fingerprint density at radius 1 is 0.759 bits per heavy atom. The summed E-state index contributed by atoms with van der Waals surface area (Å²) in [4.78, 5) is 2.60. The van der Waals surface area contributed by atoms with Gasteiger partial charge in [0.05, 0.1) is 12.0 Å². The van der Waals surface area contributed by atoms with Gasteiger partial charge in [0, 0.05) is 59.1 Å². The average molecular weight is 816 g/mol. The second kappa shape index (κ2) is 13.9. The molecule has 5 aromatic rings. The van der Waals surface area contributed by atoms with E-state index in [4.69, 9.17) is 14.2 Å². The molecule has 1 aliphatic carbocycles. The molecule has 3 heterocycles. The van der Waals surface area contributed by atoms with Crippen LogP contribution in [0.1, 0.15) is 86.6 Å². The smallest absolute Gasteiger partial charge is 0.389 e. The Labute approximate surface area is 338 Å². The van der Waals surface area contributed by atoms with Crippen LogP contribution in [0.25, 0.3) is 28.0 Å². The molecule has 1 saturated heterocycles. The number of hydrogen-bond donors (Lipinski definition) is 0. The highest BCUT2D eigenvalue weighted by molar-refractivity contribution is 8.00. The summed E-state index contributed by atoms with van der Waals surface area (Å²) < 4.78 is 105. The van der Waals surface area contributed by atoms with Gasteiger partial charge in [-0.2, -0.15) is 26.3 Å². The van der Waals surface area contributed by atoms with Gasteiger partial charge >= 0.3 is 12.4 Å². The van der Waals surface area contributed by atoms with Crippen molar-refractivity contribution in [2.75, 3.05) is 25.1 Å². The summed E-state index contributed by atoms with van der Waals surface area (Å²) in [5, 5.41) is 1.35. The Balaban J connectivity index is 1.33. The van der Waals surface area contributed by atoms with Gasteiger partial charge in [0.2, 0.25) is 0 Å². The second-order valence-electron chi connectivity index (χ2n) is 16.3. The van der Waals surface area contributed by atoms with Gasteiger partial charge in [-0.3, -0.25) is 0 Å². The van der Waals surface area contributed by atoms with Crippen molar-refractivity contribution in [1.82, 2.24) is 0 Å². The fourth-order valence-electron chi connectivity index (χ4n) is 9.63. The zero-order valence-electron chi connectivity index (χ0n) is 32.4. The van der Waals surface area contributed by atoms with Crippen molar-refractivity contribution in [3.63, 3.8) is 0 Å². The van der Waals surface area contributed by atoms with E-state index in [0.29, 0.717) is 55.8 Å². The normalized spacial score (nSPS) is 20.2. The predicted molar refractivity (Wildman–Crippen MR) is 217 cm³/mol. The molecule has 1 unspecified atom stereocenters. The summed E-state index contributed by atoms with van der Waals surface area (Å²) in [5.41, 5.74) is 2.47. The molecule has 302 valence electrons. The van der Waals surface area contributed by atoms with Crippen LogP contribution in [0.2, 0.25) is 0 Å². The average Bonchev–Trinajstić information content (AvgIpc) is 3.68. The highest BCUT2D eigenvalue weighted by atomic mass is 32.2. The van der Waals surface area contributed by atoms with E-state index in [9.17, 15) is 26.3 Å². The summed E-state index contributed by atoms with van der Waals surface area (Å²) in [5.74, 6) is 1.66. The Hall–Kier alpha value is -4.77. The minimum absolute atomic E-state index is 0.379. The van der Waals surface area contributed by atoms with E-state index in [1.165, 1.54) is 18.2 Å². The number of piperidine rings is 1. The number of alkyl halides is 6. The number of rotatable bonds is 8. The van der Waals surface area contributed by atoms with Crippen molar-refractivity contribution in [1.29, 1.82) is 0 Å². The third-order valence-corrected chi connectivity index (χ3v) is 13.3. The zero-order chi connectivity index (χ0) is 40.7. The highest BCUT2D eigenvalue weighted by Crippen LogP contribution is 2.63. The molecular weight excluding hydrogens is 773 g/mol. The third-order valence-electron chi connectivity index (χ3n) is 12.2. The van der Waals surface area contributed by atoms with Crippen LogP contribution < -0.4 is 19.1 Å². The van der Waals surface area contributed by atoms with E-state index in [0.717, 1.165) is 47.6 Å². The van der Waals surface area contributed by atoms with E-state index in [1.807, 2.05) is 80.6 Å². The first-order valence-corrected chi connectivity index (χ1v) is 20.6. The third kappa shape index (κ3) is 6.67. The maximum Gasteiger partial charge on any atom is 0.389 e. The maximum absolute atomic E-state index is 14.3. The van der Waals surface area contributed by atoms with Gasteiger partial charge in [0.25, 0.3) is 0 Å². The number of halogens is 6. The molecule has 0 aromatic heterocycles. The summed E-state index contributed by atoms with van der Waals surface area (Å²) in [6.45, 7) is 5.85. The van der Waals surface area contributed by atoms with Gasteiger partial charge in [-0.05, 0) is 116 Å². The second-order valence-corrected chi connectivity index (χ2v) is 17.9. The van der Waals surface area contributed by atoms with Crippen molar-refractivity contribution >= 4 is 34.3 Å². The van der Waals surface area contributed by atoms with Crippen molar-refractivity contribution in [3.8, 4) is 28.4 Å². The van der Waals surface area contributed by atoms with Gasteiger partial charge in [0.1, 0.15) is 17.2 Å². The number of benzene rings is 5. The largest absolute Gasteiger partial charge is 0.497 e. The molecule has 0 saturated carbocycles. The summed E-state index contributed by atoms with van der Waals surface area (Å²) in [6, 6.07) is 26.8. The topological polar surface area (TPSA) is 30.9 Å². The molecule has 0 spiro atoms. The first kappa shape index (κ1) is 38.7. The van der Waals surface area contributed by atoms with E-state index in [-0.39, 0.29) is 0 Å². The quantitative estimate of drug-likeness (QED) is 0.146. The summed E-state index contributed by atoms with van der Waals surface area (Å²) in [7, 11) is 1.59. The Kier molecular flexibility index (Phi) is 9.30. The molecule has 5 aromatic carbocycles. The van der Waals surface area contributed by atoms with Crippen LogP contribution in [0, 0.1) is 0 Å². The van der Waals surface area contributed by atoms with Crippen molar-refractivity contribution in [2.45, 2.75) is 92.0 Å². The molecular formula is C47H43F6NO3S. The zero-order valence-corrected chi connectivity index (χ0v) is 33.3. The molecule has 4 aliphatic rings. The lowest BCUT2D eigenvalue weighted by Gasteiger charge is -2.40. The Morgan fingerprint density at radius 2 is 1.40 bits per heavy atom. The number of ether oxygens (including phenoxy) is 3. The van der Waals surface area contributed by atoms with Crippen LogP contribution in [0.4, 0.5) is 32.0 Å². The van der Waals surface area contributed by atoms with Crippen molar-refractivity contribution in [3.05, 3.63) is 119 Å². The molecule has 0 N–H and O–H groups in total. The molecule has 1 atom stereocenters. The number of hydrogen-bond acceptors (Lipinski definition) is 5. The predicted octanol–water partition coefficient (Wildman–Crippen LogP) is 13.4. The molecule has 9 rings (SSSR count). The first-order chi connectivity index (χ1) is 27.6. The molecule has 1 fully saturated rings. The number of methoxy groups -OCH3 is 1. The maximum atomic E-state index is 14.3. The van der Waals surface area contributed by atoms with Crippen LogP contribution in [-0.2, 0) is 11.0 Å². The van der Waals surface area contributed by atoms with Crippen LogP contribution >= 0.6 is 11.8 Å². The van der Waals surface area contributed by atoms with Crippen LogP contribution in [0.5, 0.6) is 17.2 Å². The number of fused-ring (bicyclic) bond motifs is 9. The van der Waals surface area contributed by atoms with Crippen molar-refractivity contribution in [2.24, 2.45) is 0 Å². The number of thioether (sulfide) groups is 1. The Morgan fingerprint density at radius 3 is 2.03 bits per heavy atom. The molecule has 0 amide bonds. The SMILES string of the molecule is COc1ccc(C2(c3ccc(N4CCCCC4)cc3)C=Cc3c4c(c5cc6c(cc5c3O2)OC(C)(C)S6)-c2ccccc2C4(CCC(F)(F)F)CCC(F)(F)F)cc1. The van der Waals surface area contributed by atoms with Gasteiger partial charge in [0.15, 0.2) is 10.5 Å². The van der Waals surface area contributed by atoms with Gasteiger partial charge in [-0.25, -0.2) is 0 Å². The molecule has 0 bridgehead atoms. The van der Waals surface area contributed by atoms with Gasteiger partial charge in [-0.15, -0.1) is 0 Å². The van der Waals surface area contributed by atoms with E-state index in [2.05, 4.69) is 17.0 Å². The lowest BCUT2D eigenvalue weighted by atomic mass is 9.68.